The van der Waals surface area contributed by atoms with E-state index in [0.29, 0.717) is 28.7 Å². The van der Waals surface area contributed by atoms with Crippen LogP contribution in [0.4, 0.5) is 4.39 Å². The summed E-state index contributed by atoms with van der Waals surface area (Å²) in [4.78, 5) is 28.5. The summed E-state index contributed by atoms with van der Waals surface area (Å²) in [5.41, 5.74) is 1.84. The lowest BCUT2D eigenvalue weighted by Gasteiger charge is -2.38. The Morgan fingerprint density at radius 2 is 1.90 bits per heavy atom. The minimum absolute atomic E-state index is 0.0279. The van der Waals surface area contributed by atoms with E-state index in [2.05, 4.69) is 21.9 Å². The molecule has 4 unspecified atom stereocenters. The van der Waals surface area contributed by atoms with Crippen LogP contribution in [0.3, 0.4) is 0 Å². The van der Waals surface area contributed by atoms with Gasteiger partial charge >= 0.3 is 0 Å². The molecule has 1 amide bonds. The Hall–Kier alpha value is -3.35. The maximum absolute atomic E-state index is 13.7. The Labute approximate surface area is 180 Å². The second kappa shape index (κ2) is 8.06. The molecule has 4 atom stereocenters. The van der Waals surface area contributed by atoms with Gasteiger partial charge in [-0.1, -0.05) is 18.2 Å². The zero-order valence-electron chi connectivity index (χ0n) is 17.2. The summed E-state index contributed by atoms with van der Waals surface area (Å²) in [6, 6.07) is 12.7. The Kier molecular flexibility index (Phi) is 5.10. The first-order valence-corrected chi connectivity index (χ1v) is 10.5. The molecule has 5 rings (SSSR count). The van der Waals surface area contributed by atoms with E-state index >= 15 is 0 Å². The molecular weight excluding hydrogens is 395 g/mol. The average Bonchev–Trinajstić information content (AvgIpc) is 3.37. The van der Waals surface area contributed by atoms with Gasteiger partial charge in [-0.15, -0.1) is 0 Å². The molecule has 0 spiro atoms. The SMILES string of the molecule is CC1C2CC(Oc3ccc(CF)cn3)C(C2)N1C(=O)c1ccccc1-c1ncccn1. The van der Waals surface area contributed by atoms with Gasteiger partial charge < -0.3 is 9.64 Å². The first kappa shape index (κ1) is 19.6. The number of carbonyl (C=O) groups is 1. The highest BCUT2D eigenvalue weighted by Gasteiger charge is 2.52. The van der Waals surface area contributed by atoms with Gasteiger partial charge in [-0.3, -0.25) is 4.79 Å². The number of piperidine rings is 1. The van der Waals surface area contributed by atoms with E-state index in [9.17, 15) is 9.18 Å². The first-order chi connectivity index (χ1) is 15.2. The van der Waals surface area contributed by atoms with Crippen LogP contribution in [-0.2, 0) is 6.67 Å². The fraction of sp³-hybridized carbons (Fsp3) is 0.333. The number of amides is 1. The van der Waals surface area contributed by atoms with Crippen LogP contribution >= 0.6 is 0 Å². The predicted octanol–water partition coefficient (Wildman–Crippen LogP) is 4.08. The fourth-order valence-electron chi connectivity index (χ4n) is 4.85. The summed E-state index contributed by atoms with van der Waals surface area (Å²) in [6.07, 6.45) is 6.50. The van der Waals surface area contributed by atoms with E-state index in [-0.39, 0.29) is 24.1 Å². The number of aromatic nitrogens is 3. The Balaban J connectivity index is 1.41. The molecule has 1 saturated carbocycles. The van der Waals surface area contributed by atoms with E-state index in [1.165, 1.54) is 6.20 Å². The zero-order valence-corrected chi connectivity index (χ0v) is 17.2. The molecule has 3 aromatic rings. The fourth-order valence-corrected chi connectivity index (χ4v) is 4.85. The molecule has 7 heteroatoms. The number of halogens is 1. The summed E-state index contributed by atoms with van der Waals surface area (Å²) in [5, 5.41) is 0. The number of ether oxygens (including phenoxy) is 1. The highest BCUT2D eigenvalue weighted by atomic mass is 19.1. The van der Waals surface area contributed by atoms with Crippen LogP contribution in [0.2, 0.25) is 0 Å². The van der Waals surface area contributed by atoms with Crippen molar-refractivity contribution in [2.24, 2.45) is 5.92 Å². The largest absolute Gasteiger partial charge is 0.472 e. The normalized spacial score (nSPS) is 24.4. The van der Waals surface area contributed by atoms with Crippen LogP contribution < -0.4 is 4.74 Å². The maximum Gasteiger partial charge on any atom is 0.255 e. The lowest BCUT2D eigenvalue weighted by Crippen LogP contribution is -2.51. The molecule has 1 aliphatic heterocycles. The molecule has 3 heterocycles. The zero-order chi connectivity index (χ0) is 21.4. The smallest absolute Gasteiger partial charge is 0.255 e. The van der Waals surface area contributed by atoms with Gasteiger partial charge in [0.2, 0.25) is 5.88 Å². The maximum atomic E-state index is 13.7. The standard InChI is InChI=1S/C24H23FN4O2/c1-15-17-11-20(21(12-17)31-22-8-7-16(13-25)14-28-22)29(15)24(30)19-6-3-2-5-18(19)23-26-9-4-10-27-23/h2-10,14-15,17,20-21H,11-13H2,1H3. The van der Waals surface area contributed by atoms with Gasteiger partial charge in [-0.2, -0.15) is 0 Å². The third kappa shape index (κ3) is 3.54. The topological polar surface area (TPSA) is 68.2 Å². The van der Waals surface area contributed by atoms with Gasteiger partial charge in [0.1, 0.15) is 12.8 Å². The van der Waals surface area contributed by atoms with Crippen molar-refractivity contribution in [3.05, 3.63) is 72.2 Å². The first-order valence-electron chi connectivity index (χ1n) is 10.5. The molecule has 158 valence electrons. The van der Waals surface area contributed by atoms with Crippen LogP contribution in [0, 0.1) is 5.92 Å². The number of rotatable bonds is 5. The molecule has 2 fully saturated rings. The highest BCUT2D eigenvalue weighted by Crippen LogP contribution is 2.45. The van der Waals surface area contributed by atoms with Crippen LogP contribution in [0.25, 0.3) is 11.4 Å². The molecule has 1 saturated heterocycles. The number of hydrogen-bond acceptors (Lipinski definition) is 5. The van der Waals surface area contributed by atoms with E-state index in [0.717, 1.165) is 18.4 Å². The number of likely N-dealkylation sites (tertiary alicyclic amines) is 1. The Morgan fingerprint density at radius 3 is 2.61 bits per heavy atom. The predicted molar refractivity (Wildman–Crippen MR) is 113 cm³/mol. The van der Waals surface area contributed by atoms with Gasteiger partial charge in [-0.25, -0.2) is 19.3 Å². The molecule has 0 N–H and O–H groups in total. The summed E-state index contributed by atoms with van der Waals surface area (Å²) in [6.45, 7) is 1.56. The third-order valence-electron chi connectivity index (χ3n) is 6.41. The number of benzene rings is 1. The Bertz CT molecular complexity index is 1080. The van der Waals surface area contributed by atoms with Crippen molar-refractivity contribution in [1.82, 2.24) is 19.9 Å². The molecule has 0 radical (unpaired) electrons. The van der Waals surface area contributed by atoms with E-state index in [1.807, 2.05) is 29.2 Å². The van der Waals surface area contributed by atoms with E-state index in [1.54, 1.807) is 30.6 Å². The molecule has 2 aliphatic rings. The number of pyridine rings is 1. The van der Waals surface area contributed by atoms with Gasteiger partial charge in [-0.05, 0) is 43.9 Å². The second-order valence-electron chi connectivity index (χ2n) is 8.16. The van der Waals surface area contributed by atoms with Crippen LogP contribution in [-0.4, -0.2) is 43.9 Å². The van der Waals surface area contributed by atoms with Gasteiger partial charge in [0.15, 0.2) is 5.82 Å². The highest BCUT2D eigenvalue weighted by molar-refractivity contribution is 6.00. The molecular formula is C24H23FN4O2. The molecule has 1 aliphatic carbocycles. The molecule has 31 heavy (non-hydrogen) atoms. The Morgan fingerprint density at radius 1 is 1.10 bits per heavy atom. The molecule has 1 aromatic carbocycles. The van der Waals surface area contributed by atoms with Crippen molar-refractivity contribution in [3.63, 3.8) is 0 Å². The lowest BCUT2D eigenvalue weighted by molar-refractivity contribution is 0.0314. The number of carbonyl (C=O) groups excluding carboxylic acids is 1. The quantitative estimate of drug-likeness (QED) is 0.625. The molecule has 6 nitrogen and oxygen atoms in total. The van der Waals surface area contributed by atoms with E-state index in [4.69, 9.17) is 4.74 Å². The summed E-state index contributed by atoms with van der Waals surface area (Å²) >= 11 is 0. The number of hydrogen-bond donors (Lipinski definition) is 0. The van der Waals surface area contributed by atoms with Crippen LogP contribution in [0.5, 0.6) is 5.88 Å². The monoisotopic (exact) mass is 418 g/mol. The van der Waals surface area contributed by atoms with Crippen molar-refractivity contribution in [3.8, 4) is 17.3 Å². The molecule has 2 aromatic heterocycles. The molecule has 2 bridgehead atoms. The number of alkyl halides is 1. The second-order valence-corrected chi connectivity index (χ2v) is 8.16. The minimum atomic E-state index is -0.550. The van der Waals surface area contributed by atoms with Crippen molar-refractivity contribution < 1.29 is 13.9 Å². The summed E-state index contributed by atoms with van der Waals surface area (Å²) in [5.74, 6) is 1.35. The third-order valence-corrected chi connectivity index (χ3v) is 6.41. The van der Waals surface area contributed by atoms with Crippen molar-refractivity contribution in [1.29, 1.82) is 0 Å². The van der Waals surface area contributed by atoms with Crippen molar-refractivity contribution in [2.75, 3.05) is 0 Å². The van der Waals surface area contributed by atoms with E-state index < -0.39 is 6.67 Å². The minimum Gasteiger partial charge on any atom is -0.472 e. The van der Waals surface area contributed by atoms with Gasteiger partial charge in [0.25, 0.3) is 5.91 Å². The van der Waals surface area contributed by atoms with Crippen LogP contribution in [0.15, 0.2) is 61.1 Å². The lowest BCUT2D eigenvalue weighted by atomic mass is 9.97. The average molecular weight is 418 g/mol. The summed E-state index contributed by atoms with van der Waals surface area (Å²) in [7, 11) is 0. The number of nitrogens with zero attached hydrogens (tertiary/aromatic N) is 4. The van der Waals surface area contributed by atoms with Gasteiger partial charge in [0, 0.05) is 41.8 Å². The van der Waals surface area contributed by atoms with Gasteiger partial charge in [0.05, 0.1) is 11.6 Å². The summed E-state index contributed by atoms with van der Waals surface area (Å²) < 4.78 is 18.9. The number of fused-ring (bicyclic) bond motifs is 2. The van der Waals surface area contributed by atoms with Crippen molar-refractivity contribution in [2.45, 2.75) is 44.6 Å². The van der Waals surface area contributed by atoms with Crippen LogP contribution in [0.1, 0.15) is 35.7 Å². The van der Waals surface area contributed by atoms with Crippen molar-refractivity contribution >= 4 is 5.91 Å².